The maximum atomic E-state index is 12.2. The number of carbonyl (C=O) groups is 1. The lowest BCUT2D eigenvalue weighted by molar-refractivity contribution is 0.102. The molecule has 2 aromatic rings. The first-order chi connectivity index (χ1) is 9.38. The van der Waals surface area contributed by atoms with Gasteiger partial charge in [0, 0.05) is 14.5 Å². The number of phenols is 1. The van der Waals surface area contributed by atoms with Crippen LogP contribution in [-0.2, 0) is 0 Å². The Morgan fingerprint density at radius 1 is 1.20 bits per heavy atom. The van der Waals surface area contributed by atoms with Gasteiger partial charge in [0.2, 0.25) is 0 Å². The predicted molar refractivity (Wildman–Crippen MR) is 95.4 cm³/mol. The van der Waals surface area contributed by atoms with Crippen molar-refractivity contribution in [3.63, 3.8) is 0 Å². The van der Waals surface area contributed by atoms with E-state index >= 15 is 0 Å². The monoisotopic (exact) mass is 509 g/mol. The van der Waals surface area contributed by atoms with Crippen LogP contribution in [0.1, 0.15) is 15.9 Å². The minimum Gasteiger partial charge on any atom is -0.507 e. The van der Waals surface area contributed by atoms with Gasteiger partial charge in [-0.15, -0.1) is 0 Å². The van der Waals surface area contributed by atoms with Crippen LogP contribution in [0.5, 0.6) is 5.75 Å². The summed E-state index contributed by atoms with van der Waals surface area (Å²) in [7, 11) is 0. The fraction of sp³-hybridized carbons (Fsp3) is 0.0714. The van der Waals surface area contributed by atoms with Gasteiger partial charge in [-0.1, -0.05) is 0 Å². The second-order valence-electron chi connectivity index (χ2n) is 4.22. The van der Waals surface area contributed by atoms with Gasteiger partial charge < -0.3 is 10.4 Å². The molecule has 104 valence electrons. The highest BCUT2D eigenvalue weighted by Gasteiger charge is 2.13. The fourth-order valence-corrected chi connectivity index (χ4v) is 3.61. The third kappa shape index (κ3) is 3.53. The quantitative estimate of drug-likeness (QED) is 0.553. The van der Waals surface area contributed by atoms with Crippen LogP contribution in [0.2, 0.25) is 0 Å². The topological polar surface area (TPSA) is 49.3 Å². The van der Waals surface area contributed by atoms with Crippen LogP contribution in [0.15, 0.2) is 39.3 Å². The molecule has 0 unspecified atom stereocenters. The van der Waals surface area contributed by atoms with E-state index < -0.39 is 0 Å². The number of amides is 1. The third-order valence-corrected chi connectivity index (χ3v) is 4.80. The molecule has 0 aliphatic heterocycles. The van der Waals surface area contributed by atoms with Crippen LogP contribution >= 0.6 is 54.5 Å². The van der Waals surface area contributed by atoms with Gasteiger partial charge in [-0.3, -0.25) is 4.79 Å². The summed E-state index contributed by atoms with van der Waals surface area (Å²) in [5, 5.41) is 12.5. The minimum absolute atomic E-state index is 0.0975. The number of halogens is 3. The molecule has 0 heterocycles. The molecular weight excluding hydrogens is 501 g/mol. The Bertz CT molecular complexity index is 666. The molecule has 0 saturated heterocycles. The Kier molecular flexibility index (Phi) is 5.09. The zero-order valence-corrected chi connectivity index (χ0v) is 15.7. The van der Waals surface area contributed by atoms with Crippen LogP contribution in [0.4, 0.5) is 5.69 Å². The van der Waals surface area contributed by atoms with Crippen molar-refractivity contribution in [2.24, 2.45) is 0 Å². The van der Waals surface area contributed by atoms with Gasteiger partial charge in [0.15, 0.2) is 0 Å². The SMILES string of the molecule is Cc1cc(Br)c(NC(=O)c2ccc(I)c(O)c2)c(Br)c1. The molecule has 0 aliphatic carbocycles. The van der Waals surface area contributed by atoms with Gasteiger partial charge in [-0.25, -0.2) is 0 Å². The first-order valence-corrected chi connectivity index (χ1v) is 8.30. The Balaban J connectivity index is 2.30. The molecule has 0 aliphatic rings. The van der Waals surface area contributed by atoms with Gasteiger partial charge in [-0.2, -0.15) is 0 Å². The summed E-state index contributed by atoms with van der Waals surface area (Å²) in [6, 6.07) is 8.67. The van der Waals surface area contributed by atoms with E-state index in [4.69, 9.17) is 0 Å². The number of nitrogens with one attached hydrogen (secondary N) is 1. The molecule has 2 N–H and O–H groups in total. The number of benzene rings is 2. The largest absolute Gasteiger partial charge is 0.507 e. The number of hydrogen-bond donors (Lipinski definition) is 2. The van der Waals surface area contributed by atoms with Crippen molar-refractivity contribution in [2.45, 2.75) is 6.92 Å². The van der Waals surface area contributed by atoms with Gasteiger partial charge in [-0.05, 0) is 97.3 Å². The van der Waals surface area contributed by atoms with Gasteiger partial charge in [0.25, 0.3) is 5.91 Å². The summed E-state index contributed by atoms with van der Waals surface area (Å²) in [5.74, 6) is -0.178. The highest BCUT2D eigenvalue weighted by Crippen LogP contribution is 2.33. The lowest BCUT2D eigenvalue weighted by Gasteiger charge is -2.11. The third-order valence-electron chi connectivity index (χ3n) is 2.63. The Morgan fingerprint density at radius 3 is 2.35 bits per heavy atom. The number of anilines is 1. The van der Waals surface area contributed by atoms with Crippen LogP contribution in [0, 0.1) is 10.5 Å². The predicted octanol–water partition coefficient (Wildman–Crippen LogP) is 5.08. The van der Waals surface area contributed by atoms with E-state index in [1.165, 1.54) is 6.07 Å². The smallest absolute Gasteiger partial charge is 0.255 e. The standard InChI is InChI=1S/C14H10Br2INO2/c1-7-4-9(15)13(10(16)5-7)18-14(20)8-2-3-11(17)12(19)6-8/h2-6,19H,1H3,(H,18,20). The number of aryl methyl sites for hydroxylation is 1. The Morgan fingerprint density at radius 2 is 1.80 bits per heavy atom. The number of rotatable bonds is 2. The lowest BCUT2D eigenvalue weighted by atomic mass is 10.2. The minimum atomic E-state index is -0.276. The van der Waals surface area contributed by atoms with Crippen molar-refractivity contribution in [1.29, 1.82) is 0 Å². The van der Waals surface area contributed by atoms with Crippen molar-refractivity contribution >= 4 is 66.0 Å². The van der Waals surface area contributed by atoms with E-state index in [9.17, 15) is 9.90 Å². The maximum absolute atomic E-state index is 12.2. The zero-order chi connectivity index (χ0) is 14.9. The van der Waals surface area contributed by atoms with Crippen LogP contribution < -0.4 is 5.32 Å². The fourth-order valence-electron chi connectivity index (χ4n) is 1.66. The molecule has 0 atom stereocenters. The molecule has 0 fully saturated rings. The highest BCUT2D eigenvalue weighted by molar-refractivity contribution is 14.1. The molecule has 1 amide bonds. The van der Waals surface area contributed by atoms with Crippen LogP contribution in [0.25, 0.3) is 0 Å². The molecule has 0 aromatic heterocycles. The van der Waals surface area contributed by atoms with E-state index in [0.717, 1.165) is 14.5 Å². The number of hydrogen-bond acceptors (Lipinski definition) is 2. The summed E-state index contributed by atoms with van der Waals surface area (Å²) >= 11 is 8.87. The molecule has 2 aromatic carbocycles. The van der Waals surface area contributed by atoms with E-state index in [1.54, 1.807) is 12.1 Å². The highest BCUT2D eigenvalue weighted by atomic mass is 127. The molecule has 3 nitrogen and oxygen atoms in total. The van der Waals surface area contributed by atoms with E-state index in [-0.39, 0.29) is 11.7 Å². The Hall–Kier alpha value is -0.600. The summed E-state index contributed by atoms with van der Waals surface area (Å²) in [4.78, 5) is 12.2. The van der Waals surface area contributed by atoms with Crippen molar-refractivity contribution < 1.29 is 9.90 Å². The first-order valence-electron chi connectivity index (χ1n) is 5.64. The molecule has 0 bridgehead atoms. The normalized spacial score (nSPS) is 10.4. The summed E-state index contributed by atoms with van der Waals surface area (Å²) in [6.07, 6.45) is 0. The average Bonchev–Trinajstić information content (AvgIpc) is 2.36. The van der Waals surface area contributed by atoms with Crippen LogP contribution in [0.3, 0.4) is 0 Å². The summed E-state index contributed by atoms with van der Waals surface area (Å²) in [6.45, 7) is 1.97. The molecule has 20 heavy (non-hydrogen) atoms. The molecule has 0 radical (unpaired) electrons. The summed E-state index contributed by atoms with van der Waals surface area (Å²) < 4.78 is 2.30. The van der Waals surface area contributed by atoms with E-state index in [0.29, 0.717) is 14.8 Å². The molecule has 2 rings (SSSR count). The van der Waals surface area contributed by atoms with Gasteiger partial charge >= 0.3 is 0 Å². The average molecular weight is 511 g/mol. The van der Waals surface area contributed by atoms with Crippen molar-refractivity contribution in [1.82, 2.24) is 0 Å². The number of carbonyl (C=O) groups excluding carboxylic acids is 1. The second-order valence-corrected chi connectivity index (χ2v) is 7.09. The summed E-state index contributed by atoms with van der Waals surface area (Å²) in [5.41, 5.74) is 2.15. The van der Waals surface area contributed by atoms with Crippen molar-refractivity contribution in [3.8, 4) is 5.75 Å². The Labute approximate surface area is 147 Å². The zero-order valence-electron chi connectivity index (χ0n) is 10.4. The second kappa shape index (κ2) is 6.44. The number of phenolic OH excluding ortho intramolecular Hbond substituents is 1. The molecule has 0 spiro atoms. The molecule has 0 saturated carbocycles. The van der Waals surface area contributed by atoms with Gasteiger partial charge in [0.05, 0.1) is 9.26 Å². The lowest BCUT2D eigenvalue weighted by Crippen LogP contribution is -2.12. The first kappa shape index (κ1) is 15.8. The van der Waals surface area contributed by atoms with Crippen molar-refractivity contribution in [3.05, 3.63) is 54.0 Å². The molecular formula is C14H10Br2INO2. The number of aromatic hydroxyl groups is 1. The van der Waals surface area contributed by atoms with E-state index in [1.807, 2.05) is 41.6 Å². The van der Waals surface area contributed by atoms with E-state index in [2.05, 4.69) is 37.2 Å². The maximum Gasteiger partial charge on any atom is 0.255 e. The molecule has 6 heteroatoms. The van der Waals surface area contributed by atoms with Crippen LogP contribution in [-0.4, -0.2) is 11.0 Å². The van der Waals surface area contributed by atoms with Crippen molar-refractivity contribution in [2.75, 3.05) is 5.32 Å². The van der Waals surface area contributed by atoms with Gasteiger partial charge in [0.1, 0.15) is 5.75 Å².